The topological polar surface area (TPSA) is 41.4 Å². The average molecular weight is 429 g/mol. The van der Waals surface area contributed by atoms with Gasteiger partial charge in [-0.15, -0.1) is 0 Å². The Morgan fingerprint density at radius 1 is 1.07 bits per heavy atom. The molecule has 2 heterocycles. The molecular formula is C22H22Cl2N4O. The van der Waals surface area contributed by atoms with Crippen LogP contribution in [0.15, 0.2) is 53.3 Å². The van der Waals surface area contributed by atoms with Gasteiger partial charge in [-0.25, -0.2) is 4.98 Å². The van der Waals surface area contributed by atoms with Crippen molar-refractivity contribution in [1.29, 1.82) is 0 Å². The number of hydrogen-bond acceptors (Lipinski definition) is 4. The SMILES string of the molecule is CCc1c(C)nc2n(c1=O)CN(Cc1ccccc1)CN2c1ccc(Cl)cc1Cl. The Labute approximate surface area is 180 Å². The smallest absolute Gasteiger partial charge is 0.259 e. The molecule has 5 nitrogen and oxygen atoms in total. The lowest BCUT2D eigenvalue weighted by Crippen LogP contribution is -2.47. The predicted octanol–water partition coefficient (Wildman–Crippen LogP) is 4.99. The number of benzene rings is 2. The monoisotopic (exact) mass is 428 g/mol. The molecule has 2 aromatic carbocycles. The molecule has 7 heteroatoms. The summed E-state index contributed by atoms with van der Waals surface area (Å²) in [5.74, 6) is 0.609. The second-order valence-electron chi connectivity index (χ2n) is 7.18. The Balaban J connectivity index is 1.82. The van der Waals surface area contributed by atoms with E-state index in [0.29, 0.717) is 42.3 Å². The second kappa shape index (κ2) is 8.19. The van der Waals surface area contributed by atoms with Crippen molar-refractivity contribution in [2.24, 2.45) is 0 Å². The second-order valence-corrected chi connectivity index (χ2v) is 8.03. The Kier molecular flexibility index (Phi) is 5.63. The van der Waals surface area contributed by atoms with Crippen molar-refractivity contribution >= 4 is 34.8 Å². The lowest BCUT2D eigenvalue weighted by molar-refractivity contribution is 0.189. The van der Waals surface area contributed by atoms with Crippen molar-refractivity contribution < 1.29 is 0 Å². The van der Waals surface area contributed by atoms with Crippen LogP contribution in [-0.2, 0) is 19.6 Å². The first-order chi connectivity index (χ1) is 14.0. The molecule has 0 spiro atoms. The first-order valence-corrected chi connectivity index (χ1v) is 10.3. The number of aromatic nitrogens is 2. The van der Waals surface area contributed by atoms with Gasteiger partial charge in [0.25, 0.3) is 5.56 Å². The van der Waals surface area contributed by atoms with E-state index < -0.39 is 0 Å². The Bertz CT molecular complexity index is 1100. The average Bonchev–Trinajstić information content (AvgIpc) is 2.69. The van der Waals surface area contributed by atoms with Crippen molar-refractivity contribution in [3.8, 4) is 0 Å². The molecule has 29 heavy (non-hydrogen) atoms. The minimum Gasteiger partial charge on any atom is -0.297 e. The fraction of sp³-hybridized carbons (Fsp3) is 0.273. The van der Waals surface area contributed by atoms with Gasteiger partial charge in [0, 0.05) is 22.8 Å². The summed E-state index contributed by atoms with van der Waals surface area (Å²) in [4.78, 5) is 22.2. The summed E-state index contributed by atoms with van der Waals surface area (Å²) in [7, 11) is 0. The van der Waals surface area contributed by atoms with Crippen LogP contribution in [-0.4, -0.2) is 21.1 Å². The van der Waals surface area contributed by atoms with Crippen molar-refractivity contribution in [1.82, 2.24) is 14.5 Å². The summed E-state index contributed by atoms with van der Waals surface area (Å²) >= 11 is 12.6. The van der Waals surface area contributed by atoms with Crippen molar-refractivity contribution in [3.05, 3.63) is 85.8 Å². The highest BCUT2D eigenvalue weighted by atomic mass is 35.5. The minimum atomic E-state index is 0.00264. The molecule has 0 atom stereocenters. The van der Waals surface area contributed by atoms with Gasteiger partial charge in [-0.1, -0.05) is 60.5 Å². The van der Waals surface area contributed by atoms with E-state index in [1.54, 1.807) is 16.7 Å². The third kappa shape index (κ3) is 3.90. The van der Waals surface area contributed by atoms with Gasteiger partial charge in [0.2, 0.25) is 5.95 Å². The van der Waals surface area contributed by atoms with Crippen molar-refractivity contribution in [2.45, 2.75) is 33.5 Å². The summed E-state index contributed by atoms with van der Waals surface area (Å²) in [6.45, 7) is 5.62. The molecule has 3 aromatic rings. The molecule has 0 N–H and O–H groups in total. The Morgan fingerprint density at radius 3 is 2.52 bits per heavy atom. The number of fused-ring (bicyclic) bond motifs is 1. The molecule has 0 saturated heterocycles. The Morgan fingerprint density at radius 2 is 1.83 bits per heavy atom. The van der Waals surface area contributed by atoms with Crippen LogP contribution in [0, 0.1) is 6.92 Å². The van der Waals surface area contributed by atoms with Gasteiger partial charge in [-0.2, -0.15) is 0 Å². The van der Waals surface area contributed by atoms with Crippen LogP contribution in [0.4, 0.5) is 11.6 Å². The van der Waals surface area contributed by atoms with Crippen LogP contribution >= 0.6 is 23.2 Å². The first-order valence-electron chi connectivity index (χ1n) is 9.57. The highest BCUT2D eigenvalue weighted by Gasteiger charge is 2.28. The first kappa shape index (κ1) is 20.0. The number of hydrogen-bond donors (Lipinski definition) is 0. The highest BCUT2D eigenvalue weighted by molar-refractivity contribution is 6.36. The maximum absolute atomic E-state index is 13.2. The molecule has 0 bridgehead atoms. The van der Waals surface area contributed by atoms with E-state index in [4.69, 9.17) is 28.2 Å². The number of rotatable bonds is 4. The van der Waals surface area contributed by atoms with Crippen LogP contribution in [0.25, 0.3) is 0 Å². The summed E-state index contributed by atoms with van der Waals surface area (Å²) < 4.78 is 1.74. The predicted molar refractivity (Wildman–Crippen MR) is 118 cm³/mol. The molecule has 150 valence electrons. The molecule has 1 aliphatic rings. The normalized spacial score (nSPS) is 14.1. The highest BCUT2D eigenvalue weighted by Crippen LogP contribution is 2.35. The lowest BCUT2D eigenvalue weighted by Gasteiger charge is -2.38. The van der Waals surface area contributed by atoms with Crippen LogP contribution in [0.1, 0.15) is 23.7 Å². The fourth-order valence-corrected chi connectivity index (χ4v) is 4.27. The summed E-state index contributed by atoms with van der Waals surface area (Å²) in [6.07, 6.45) is 0.651. The molecule has 1 aromatic heterocycles. The zero-order valence-corrected chi connectivity index (χ0v) is 17.9. The van der Waals surface area contributed by atoms with Gasteiger partial charge in [0.05, 0.1) is 24.0 Å². The van der Waals surface area contributed by atoms with E-state index in [2.05, 4.69) is 17.0 Å². The number of halogens is 2. The zero-order valence-electron chi connectivity index (χ0n) is 16.4. The van der Waals surface area contributed by atoms with Gasteiger partial charge >= 0.3 is 0 Å². The van der Waals surface area contributed by atoms with E-state index in [0.717, 1.165) is 16.9 Å². The number of anilines is 2. The third-order valence-corrected chi connectivity index (χ3v) is 5.71. The van der Waals surface area contributed by atoms with Crippen LogP contribution < -0.4 is 10.5 Å². The lowest BCUT2D eigenvalue weighted by atomic mass is 10.2. The molecule has 1 aliphatic heterocycles. The largest absolute Gasteiger partial charge is 0.297 e. The van der Waals surface area contributed by atoms with Gasteiger partial charge in [0.15, 0.2) is 0 Å². The van der Waals surface area contributed by atoms with E-state index in [1.165, 1.54) is 5.56 Å². The third-order valence-electron chi connectivity index (χ3n) is 5.18. The molecule has 0 amide bonds. The molecule has 0 unspecified atom stereocenters. The van der Waals surface area contributed by atoms with Crippen molar-refractivity contribution in [2.75, 3.05) is 11.6 Å². The van der Waals surface area contributed by atoms with Gasteiger partial charge in [0.1, 0.15) is 0 Å². The number of nitrogens with zero attached hydrogens (tertiary/aromatic N) is 4. The summed E-state index contributed by atoms with van der Waals surface area (Å²) in [5, 5.41) is 1.09. The van der Waals surface area contributed by atoms with E-state index >= 15 is 0 Å². The van der Waals surface area contributed by atoms with Crippen LogP contribution in [0.3, 0.4) is 0 Å². The maximum Gasteiger partial charge on any atom is 0.259 e. The van der Waals surface area contributed by atoms with Gasteiger partial charge in [-0.3, -0.25) is 19.2 Å². The number of aryl methyl sites for hydroxylation is 1. The molecule has 0 saturated carbocycles. The molecule has 4 rings (SSSR count). The van der Waals surface area contributed by atoms with Crippen LogP contribution in [0.5, 0.6) is 0 Å². The van der Waals surface area contributed by atoms with E-state index in [-0.39, 0.29) is 5.56 Å². The van der Waals surface area contributed by atoms with Gasteiger partial charge < -0.3 is 0 Å². The van der Waals surface area contributed by atoms with Gasteiger partial charge in [-0.05, 0) is 37.1 Å². The molecule has 0 fully saturated rings. The Hall–Kier alpha value is -2.34. The molecule has 0 radical (unpaired) electrons. The maximum atomic E-state index is 13.2. The quantitative estimate of drug-likeness (QED) is 0.586. The minimum absolute atomic E-state index is 0.00264. The summed E-state index contributed by atoms with van der Waals surface area (Å²) in [6, 6.07) is 15.6. The molecule has 0 aliphatic carbocycles. The standard InChI is InChI=1S/C22H22Cl2N4O/c1-3-18-15(2)25-22-27(20-10-9-17(23)11-19(20)24)13-26(14-28(22)21(18)29)12-16-7-5-4-6-8-16/h4-11H,3,12-14H2,1-2H3. The van der Waals surface area contributed by atoms with E-state index in [9.17, 15) is 4.79 Å². The van der Waals surface area contributed by atoms with Crippen molar-refractivity contribution in [3.63, 3.8) is 0 Å². The van der Waals surface area contributed by atoms with E-state index in [1.807, 2.05) is 43.0 Å². The fourth-order valence-electron chi connectivity index (χ4n) is 3.76. The zero-order chi connectivity index (χ0) is 20.5. The molecular weight excluding hydrogens is 407 g/mol. The summed E-state index contributed by atoms with van der Waals surface area (Å²) in [5.41, 5.74) is 3.47. The van der Waals surface area contributed by atoms with Crippen LogP contribution in [0.2, 0.25) is 10.0 Å².